The Labute approximate surface area is 95.4 Å². The molecule has 1 N–H and O–H groups in total. The summed E-state index contributed by atoms with van der Waals surface area (Å²) in [6, 6.07) is 8.80. The summed E-state index contributed by atoms with van der Waals surface area (Å²) in [5, 5.41) is 4.29. The van der Waals surface area contributed by atoms with Crippen molar-refractivity contribution in [2.45, 2.75) is 18.2 Å². The van der Waals surface area contributed by atoms with Crippen LogP contribution in [0.3, 0.4) is 0 Å². The van der Waals surface area contributed by atoms with Gasteiger partial charge >= 0.3 is 0 Å². The molecule has 0 bridgehead atoms. The summed E-state index contributed by atoms with van der Waals surface area (Å²) in [5.74, 6) is 2.09. The Kier molecular flexibility index (Phi) is 3.54. The van der Waals surface area contributed by atoms with Crippen LogP contribution in [0.15, 0.2) is 24.3 Å². The molecule has 1 aliphatic heterocycles. The van der Waals surface area contributed by atoms with Crippen LogP contribution in [0.5, 0.6) is 5.75 Å². The fourth-order valence-corrected chi connectivity index (χ4v) is 2.80. The molecule has 2 nitrogen and oxygen atoms in total. The number of benzene rings is 1. The minimum atomic E-state index is 0.473. The summed E-state index contributed by atoms with van der Waals surface area (Å²) in [6.45, 7) is 3.35. The zero-order valence-electron chi connectivity index (χ0n) is 9.19. The molecule has 2 unspecified atom stereocenters. The topological polar surface area (TPSA) is 21.3 Å². The Bertz CT molecular complexity index is 321. The second-order valence-electron chi connectivity index (χ2n) is 3.88. The van der Waals surface area contributed by atoms with Gasteiger partial charge in [-0.1, -0.05) is 19.1 Å². The maximum atomic E-state index is 5.23. The monoisotopic (exact) mass is 223 g/mol. The van der Waals surface area contributed by atoms with Crippen LogP contribution in [0, 0.1) is 0 Å². The predicted octanol–water partition coefficient (Wildman–Crippen LogP) is 2.46. The zero-order valence-corrected chi connectivity index (χ0v) is 10.0. The molecule has 1 aromatic rings. The first-order valence-corrected chi connectivity index (χ1v) is 6.33. The van der Waals surface area contributed by atoms with Gasteiger partial charge in [0.1, 0.15) is 5.75 Å². The van der Waals surface area contributed by atoms with E-state index in [1.165, 1.54) is 5.56 Å². The van der Waals surface area contributed by atoms with Crippen LogP contribution in [-0.4, -0.2) is 24.7 Å². The van der Waals surface area contributed by atoms with Crippen LogP contribution in [0.25, 0.3) is 0 Å². The Hall–Kier alpha value is -0.670. The van der Waals surface area contributed by atoms with Crippen LogP contribution in [0.4, 0.5) is 0 Å². The maximum Gasteiger partial charge on any atom is 0.119 e. The number of ether oxygens (including phenoxy) is 1. The highest BCUT2D eigenvalue weighted by atomic mass is 32.2. The molecular weight excluding hydrogens is 206 g/mol. The number of thioether (sulfide) groups is 1. The van der Waals surface area contributed by atoms with Gasteiger partial charge in [-0.3, -0.25) is 0 Å². The molecule has 0 saturated carbocycles. The van der Waals surface area contributed by atoms with Crippen molar-refractivity contribution >= 4 is 11.8 Å². The lowest BCUT2D eigenvalue weighted by molar-refractivity contribution is 0.413. The van der Waals surface area contributed by atoms with E-state index in [1.54, 1.807) is 7.11 Å². The fourth-order valence-electron chi connectivity index (χ4n) is 1.76. The molecule has 0 aromatic heterocycles. The van der Waals surface area contributed by atoms with E-state index in [2.05, 4.69) is 30.4 Å². The quantitative estimate of drug-likeness (QED) is 0.832. The average Bonchev–Trinajstić information content (AvgIpc) is 2.30. The Balaban J connectivity index is 2.08. The number of hydrogen-bond donors (Lipinski definition) is 1. The van der Waals surface area contributed by atoms with Gasteiger partial charge in [0.25, 0.3) is 0 Å². The lowest BCUT2D eigenvalue weighted by Crippen LogP contribution is -2.34. The van der Waals surface area contributed by atoms with Gasteiger partial charge in [-0.25, -0.2) is 0 Å². The Morgan fingerprint density at radius 1 is 1.47 bits per heavy atom. The van der Waals surface area contributed by atoms with Gasteiger partial charge in [0.2, 0.25) is 0 Å². The van der Waals surface area contributed by atoms with Gasteiger partial charge in [-0.05, 0) is 17.7 Å². The summed E-state index contributed by atoms with van der Waals surface area (Å²) in [6.07, 6.45) is 0. The third-order valence-corrected chi connectivity index (χ3v) is 3.96. The molecule has 0 spiro atoms. The Morgan fingerprint density at radius 3 is 3.00 bits per heavy atom. The van der Waals surface area contributed by atoms with Gasteiger partial charge in [-0.2, -0.15) is 11.8 Å². The van der Waals surface area contributed by atoms with E-state index in [4.69, 9.17) is 4.74 Å². The van der Waals surface area contributed by atoms with E-state index in [9.17, 15) is 0 Å². The molecule has 0 aliphatic carbocycles. The number of rotatable bonds is 2. The van der Waals surface area contributed by atoms with Crippen molar-refractivity contribution in [3.63, 3.8) is 0 Å². The number of nitrogens with one attached hydrogen (secondary N) is 1. The first-order chi connectivity index (χ1) is 7.29. The number of hydrogen-bond acceptors (Lipinski definition) is 3. The fraction of sp³-hybridized carbons (Fsp3) is 0.500. The molecule has 1 heterocycles. The van der Waals surface area contributed by atoms with Crippen molar-refractivity contribution in [1.29, 1.82) is 0 Å². The van der Waals surface area contributed by atoms with E-state index in [-0.39, 0.29) is 0 Å². The average molecular weight is 223 g/mol. The zero-order chi connectivity index (χ0) is 10.7. The van der Waals surface area contributed by atoms with E-state index in [1.807, 2.05) is 17.8 Å². The van der Waals surface area contributed by atoms with Crippen molar-refractivity contribution in [3.8, 4) is 5.75 Å². The number of methoxy groups -OCH3 is 1. The molecule has 15 heavy (non-hydrogen) atoms. The van der Waals surface area contributed by atoms with Crippen LogP contribution in [0.2, 0.25) is 0 Å². The molecular formula is C12H17NOS. The highest BCUT2D eigenvalue weighted by Gasteiger charge is 2.19. The molecule has 82 valence electrons. The predicted molar refractivity (Wildman–Crippen MR) is 65.7 cm³/mol. The van der Waals surface area contributed by atoms with Crippen molar-refractivity contribution in [2.24, 2.45) is 0 Å². The normalized spacial score (nSPS) is 26.3. The lowest BCUT2D eigenvalue weighted by atomic mass is 10.1. The summed E-state index contributed by atoms with van der Waals surface area (Å²) in [7, 11) is 1.71. The van der Waals surface area contributed by atoms with Gasteiger partial charge < -0.3 is 10.1 Å². The van der Waals surface area contributed by atoms with Crippen LogP contribution in [-0.2, 0) is 0 Å². The van der Waals surface area contributed by atoms with E-state index in [0.29, 0.717) is 6.04 Å². The molecule has 0 amide bonds. The van der Waals surface area contributed by atoms with Crippen LogP contribution >= 0.6 is 11.8 Å². The summed E-state index contributed by atoms with van der Waals surface area (Å²) in [5.41, 5.74) is 1.33. The summed E-state index contributed by atoms with van der Waals surface area (Å²) < 4.78 is 5.23. The molecule has 2 atom stereocenters. The minimum Gasteiger partial charge on any atom is -0.497 e. The maximum absolute atomic E-state index is 5.23. The molecule has 3 heteroatoms. The van der Waals surface area contributed by atoms with Gasteiger partial charge in [0, 0.05) is 23.6 Å². The molecule has 1 aliphatic rings. The third-order valence-electron chi connectivity index (χ3n) is 2.70. The molecule has 2 rings (SSSR count). The standard InChI is InChI=1S/C12H17NOS/c1-9-7-13-12(8-15-9)10-4-3-5-11(6-10)14-2/h3-6,9,12-13H,7-8H2,1-2H3. The SMILES string of the molecule is COc1cccc(C2CSC(C)CN2)c1. The molecule has 1 fully saturated rings. The van der Waals surface area contributed by atoms with E-state index >= 15 is 0 Å². The smallest absolute Gasteiger partial charge is 0.119 e. The van der Waals surface area contributed by atoms with Crippen LogP contribution in [0.1, 0.15) is 18.5 Å². The largest absolute Gasteiger partial charge is 0.497 e. The lowest BCUT2D eigenvalue weighted by Gasteiger charge is -2.27. The summed E-state index contributed by atoms with van der Waals surface area (Å²) in [4.78, 5) is 0. The van der Waals surface area contributed by atoms with E-state index in [0.717, 1.165) is 23.3 Å². The second kappa shape index (κ2) is 4.90. The second-order valence-corrected chi connectivity index (χ2v) is 5.35. The molecule has 0 radical (unpaired) electrons. The van der Waals surface area contributed by atoms with Crippen molar-refractivity contribution < 1.29 is 4.74 Å². The van der Waals surface area contributed by atoms with Crippen molar-refractivity contribution in [2.75, 3.05) is 19.4 Å². The van der Waals surface area contributed by atoms with Gasteiger partial charge in [0.05, 0.1) is 7.11 Å². The third kappa shape index (κ3) is 2.67. The minimum absolute atomic E-state index is 0.473. The molecule has 1 saturated heterocycles. The highest BCUT2D eigenvalue weighted by Crippen LogP contribution is 2.27. The van der Waals surface area contributed by atoms with Gasteiger partial charge in [-0.15, -0.1) is 0 Å². The van der Waals surface area contributed by atoms with Crippen LogP contribution < -0.4 is 10.1 Å². The van der Waals surface area contributed by atoms with E-state index < -0.39 is 0 Å². The molecule has 1 aromatic carbocycles. The Morgan fingerprint density at radius 2 is 2.33 bits per heavy atom. The first-order valence-electron chi connectivity index (χ1n) is 5.28. The van der Waals surface area contributed by atoms with Crippen molar-refractivity contribution in [3.05, 3.63) is 29.8 Å². The van der Waals surface area contributed by atoms with Crippen molar-refractivity contribution in [1.82, 2.24) is 5.32 Å². The first kappa shape index (κ1) is 10.8. The summed E-state index contributed by atoms with van der Waals surface area (Å²) >= 11 is 2.03. The van der Waals surface area contributed by atoms with Gasteiger partial charge in [0.15, 0.2) is 0 Å². The highest BCUT2D eigenvalue weighted by molar-refractivity contribution is 8.00.